The third kappa shape index (κ3) is 4.64. The largest absolute Gasteiger partial charge is 0.388 e. The summed E-state index contributed by atoms with van der Waals surface area (Å²) in [5.74, 6) is 0.912. The second kappa shape index (κ2) is 5.83. The van der Waals surface area contributed by atoms with E-state index in [4.69, 9.17) is 0 Å². The van der Waals surface area contributed by atoms with Gasteiger partial charge in [-0.3, -0.25) is 4.79 Å². The Balaban J connectivity index is 2.37. The highest BCUT2D eigenvalue weighted by atomic mass is 16.3. The molecule has 1 heterocycles. The van der Waals surface area contributed by atoms with E-state index in [0.29, 0.717) is 24.8 Å². The van der Waals surface area contributed by atoms with Crippen LogP contribution in [0.5, 0.6) is 0 Å². The van der Waals surface area contributed by atoms with Crippen LogP contribution in [0.4, 0.5) is 0 Å². The van der Waals surface area contributed by atoms with Gasteiger partial charge in [0.25, 0.3) is 0 Å². The second-order valence-electron chi connectivity index (χ2n) is 6.05. The van der Waals surface area contributed by atoms with Gasteiger partial charge in [-0.2, -0.15) is 0 Å². The van der Waals surface area contributed by atoms with Crippen molar-refractivity contribution in [3.8, 4) is 0 Å². The zero-order chi connectivity index (χ0) is 13.1. The van der Waals surface area contributed by atoms with Crippen LogP contribution < -0.4 is 10.6 Å². The highest BCUT2D eigenvalue weighted by Gasteiger charge is 2.31. The van der Waals surface area contributed by atoms with Crippen molar-refractivity contribution >= 4 is 5.91 Å². The molecule has 0 aromatic heterocycles. The van der Waals surface area contributed by atoms with E-state index < -0.39 is 5.60 Å². The molecule has 1 unspecified atom stereocenters. The van der Waals surface area contributed by atoms with Crippen LogP contribution in [0.15, 0.2) is 0 Å². The van der Waals surface area contributed by atoms with Gasteiger partial charge >= 0.3 is 0 Å². The molecule has 100 valence electrons. The third-order valence-electron chi connectivity index (χ3n) is 3.35. The fraction of sp³-hybridized carbons (Fsp3) is 0.923. The monoisotopic (exact) mass is 242 g/mol. The normalized spacial score (nSPS) is 28.1. The van der Waals surface area contributed by atoms with E-state index >= 15 is 0 Å². The van der Waals surface area contributed by atoms with E-state index in [2.05, 4.69) is 31.4 Å². The maximum atomic E-state index is 11.9. The maximum absolute atomic E-state index is 11.9. The van der Waals surface area contributed by atoms with Crippen molar-refractivity contribution in [1.29, 1.82) is 0 Å². The summed E-state index contributed by atoms with van der Waals surface area (Å²) in [6.07, 6.45) is 0.700. The molecule has 4 nitrogen and oxygen atoms in total. The lowest BCUT2D eigenvalue weighted by Crippen LogP contribution is -2.44. The Morgan fingerprint density at radius 2 is 2.18 bits per heavy atom. The molecule has 3 N–H and O–H groups in total. The Kier molecular flexibility index (Phi) is 4.95. The van der Waals surface area contributed by atoms with Crippen LogP contribution in [0, 0.1) is 17.8 Å². The fourth-order valence-corrected chi connectivity index (χ4v) is 2.52. The predicted octanol–water partition coefficient (Wildman–Crippen LogP) is 0.755. The number of hydrogen-bond donors (Lipinski definition) is 3. The lowest BCUT2D eigenvalue weighted by molar-refractivity contribution is -0.126. The molecule has 4 heteroatoms. The van der Waals surface area contributed by atoms with Gasteiger partial charge in [0, 0.05) is 13.1 Å². The van der Waals surface area contributed by atoms with Crippen LogP contribution in [0.3, 0.4) is 0 Å². The van der Waals surface area contributed by atoms with Crippen molar-refractivity contribution in [2.24, 2.45) is 17.8 Å². The summed E-state index contributed by atoms with van der Waals surface area (Å²) in [5, 5.41) is 16.2. The van der Waals surface area contributed by atoms with Gasteiger partial charge in [-0.05, 0) is 31.7 Å². The molecular formula is C13H26N2O2. The lowest BCUT2D eigenvalue weighted by Gasteiger charge is -2.26. The van der Waals surface area contributed by atoms with Gasteiger partial charge in [-0.1, -0.05) is 20.8 Å². The number of hydrogen-bond acceptors (Lipinski definition) is 3. The Bertz CT molecular complexity index is 264. The molecule has 1 aliphatic heterocycles. The minimum absolute atomic E-state index is 0.0462. The van der Waals surface area contributed by atoms with Gasteiger partial charge in [-0.25, -0.2) is 0 Å². The van der Waals surface area contributed by atoms with Crippen LogP contribution in [0.2, 0.25) is 0 Å². The number of nitrogens with one attached hydrogen (secondary N) is 2. The summed E-state index contributed by atoms with van der Waals surface area (Å²) in [6.45, 7) is 9.99. The van der Waals surface area contributed by atoms with Crippen LogP contribution in [0.25, 0.3) is 0 Å². The summed E-state index contributed by atoms with van der Waals surface area (Å²) in [5.41, 5.74) is -0.806. The first-order valence-electron chi connectivity index (χ1n) is 6.52. The highest BCUT2D eigenvalue weighted by Crippen LogP contribution is 2.18. The highest BCUT2D eigenvalue weighted by molar-refractivity contribution is 5.79. The van der Waals surface area contributed by atoms with Crippen molar-refractivity contribution in [1.82, 2.24) is 10.6 Å². The molecular weight excluding hydrogens is 216 g/mol. The molecule has 1 fully saturated rings. The molecule has 0 radical (unpaired) electrons. The number of rotatable bonds is 5. The third-order valence-corrected chi connectivity index (χ3v) is 3.35. The van der Waals surface area contributed by atoms with Crippen molar-refractivity contribution in [3.63, 3.8) is 0 Å². The SMILES string of the molecule is CC(C)CC(C)(O)CNC(=O)[C@@H]1CNC[C@H]1C. The topological polar surface area (TPSA) is 61.4 Å². The fourth-order valence-electron chi connectivity index (χ4n) is 2.52. The van der Waals surface area contributed by atoms with Gasteiger partial charge in [0.15, 0.2) is 0 Å². The number of amides is 1. The summed E-state index contributed by atoms with van der Waals surface area (Å²) < 4.78 is 0. The van der Waals surface area contributed by atoms with Crippen molar-refractivity contribution in [3.05, 3.63) is 0 Å². The second-order valence-corrected chi connectivity index (χ2v) is 6.05. The van der Waals surface area contributed by atoms with E-state index in [-0.39, 0.29) is 11.8 Å². The van der Waals surface area contributed by atoms with Crippen LogP contribution in [0.1, 0.15) is 34.1 Å². The van der Waals surface area contributed by atoms with Crippen LogP contribution in [-0.4, -0.2) is 36.2 Å². The smallest absolute Gasteiger partial charge is 0.224 e. The van der Waals surface area contributed by atoms with E-state index in [0.717, 1.165) is 13.1 Å². The van der Waals surface area contributed by atoms with Crippen molar-refractivity contribution in [2.45, 2.75) is 39.7 Å². The number of carbonyl (C=O) groups is 1. The average Bonchev–Trinajstić information content (AvgIpc) is 2.59. The summed E-state index contributed by atoms with van der Waals surface area (Å²) in [6, 6.07) is 0. The van der Waals surface area contributed by atoms with Crippen molar-refractivity contribution < 1.29 is 9.90 Å². The molecule has 0 aromatic carbocycles. The van der Waals surface area contributed by atoms with Crippen LogP contribution in [-0.2, 0) is 4.79 Å². The first kappa shape index (κ1) is 14.5. The number of carbonyl (C=O) groups excluding carboxylic acids is 1. The summed E-state index contributed by atoms with van der Waals surface area (Å²) in [7, 11) is 0. The molecule has 1 amide bonds. The molecule has 0 aromatic rings. The maximum Gasteiger partial charge on any atom is 0.224 e. The Morgan fingerprint density at radius 3 is 2.65 bits per heavy atom. The molecule has 0 aliphatic carbocycles. The molecule has 3 atom stereocenters. The van der Waals surface area contributed by atoms with Gasteiger partial charge in [0.2, 0.25) is 5.91 Å². The van der Waals surface area contributed by atoms with Crippen molar-refractivity contribution in [2.75, 3.05) is 19.6 Å². The lowest BCUT2D eigenvalue weighted by atomic mass is 9.93. The van der Waals surface area contributed by atoms with Gasteiger partial charge < -0.3 is 15.7 Å². The Labute approximate surface area is 104 Å². The quantitative estimate of drug-likeness (QED) is 0.667. The van der Waals surface area contributed by atoms with E-state index in [1.54, 1.807) is 6.92 Å². The first-order valence-corrected chi connectivity index (χ1v) is 6.52. The van der Waals surface area contributed by atoms with Gasteiger partial charge in [-0.15, -0.1) is 0 Å². The van der Waals surface area contributed by atoms with E-state index in [1.165, 1.54) is 0 Å². The molecule has 17 heavy (non-hydrogen) atoms. The van der Waals surface area contributed by atoms with E-state index in [1.807, 2.05) is 0 Å². The minimum atomic E-state index is -0.806. The van der Waals surface area contributed by atoms with Crippen LogP contribution >= 0.6 is 0 Å². The first-order chi connectivity index (χ1) is 7.82. The molecule has 0 spiro atoms. The molecule has 0 bridgehead atoms. The molecule has 1 rings (SSSR count). The minimum Gasteiger partial charge on any atom is -0.388 e. The van der Waals surface area contributed by atoms with Gasteiger partial charge in [0.1, 0.15) is 0 Å². The average molecular weight is 242 g/mol. The Morgan fingerprint density at radius 1 is 1.53 bits per heavy atom. The molecule has 1 saturated heterocycles. The predicted molar refractivity (Wildman–Crippen MR) is 68.6 cm³/mol. The zero-order valence-electron chi connectivity index (χ0n) is 11.4. The summed E-state index contributed by atoms with van der Waals surface area (Å²) >= 11 is 0. The standard InChI is InChI=1S/C13H26N2O2/c1-9(2)5-13(4,17)8-15-12(16)11-7-14-6-10(11)3/h9-11,14,17H,5-8H2,1-4H3,(H,15,16)/t10-,11-,13?/m1/s1. The Hall–Kier alpha value is -0.610. The molecule has 0 saturated carbocycles. The zero-order valence-corrected chi connectivity index (χ0v) is 11.4. The summed E-state index contributed by atoms with van der Waals surface area (Å²) in [4.78, 5) is 11.9. The van der Waals surface area contributed by atoms with Gasteiger partial charge in [0.05, 0.1) is 11.5 Å². The number of aliphatic hydroxyl groups is 1. The molecule has 1 aliphatic rings. The van der Waals surface area contributed by atoms with E-state index in [9.17, 15) is 9.90 Å².